The number of rotatable bonds is 10. The van der Waals surface area contributed by atoms with Gasteiger partial charge in [-0.2, -0.15) is 0 Å². The molecule has 2 aromatic heterocycles. The van der Waals surface area contributed by atoms with Gasteiger partial charge in [0.25, 0.3) is 5.91 Å². The lowest BCUT2D eigenvalue weighted by molar-refractivity contribution is 0.0689. The zero-order valence-corrected chi connectivity index (χ0v) is 17.8. The first kappa shape index (κ1) is 21.1. The summed E-state index contributed by atoms with van der Waals surface area (Å²) < 4.78 is 16.3. The van der Waals surface area contributed by atoms with Crippen molar-refractivity contribution in [1.82, 2.24) is 9.88 Å². The number of carbonyl (C=O) groups excluding carboxylic acids is 1. The molecular weight excluding hydrogens is 388 g/mol. The van der Waals surface area contributed by atoms with Gasteiger partial charge in [-0.25, -0.2) is 4.98 Å². The molecule has 6 nitrogen and oxygen atoms in total. The molecule has 7 heteroatoms. The third-order valence-electron chi connectivity index (χ3n) is 4.31. The van der Waals surface area contributed by atoms with Crippen molar-refractivity contribution in [3.8, 4) is 5.75 Å². The molecule has 0 aliphatic rings. The zero-order valence-electron chi connectivity index (χ0n) is 17.0. The summed E-state index contributed by atoms with van der Waals surface area (Å²) in [7, 11) is 1.65. The number of hydrogen-bond acceptors (Lipinski definition) is 6. The topological polar surface area (TPSA) is 64.8 Å². The zero-order chi connectivity index (χ0) is 20.6. The van der Waals surface area contributed by atoms with Gasteiger partial charge in [0.2, 0.25) is 0 Å². The number of furan rings is 1. The van der Waals surface area contributed by atoms with E-state index in [4.69, 9.17) is 13.9 Å². The Morgan fingerprint density at radius 3 is 2.72 bits per heavy atom. The lowest BCUT2D eigenvalue weighted by Crippen LogP contribution is -2.32. The monoisotopic (exact) mass is 414 g/mol. The van der Waals surface area contributed by atoms with Crippen LogP contribution in [0.15, 0.2) is 46.4 Å². The van der Waals surface area contributed by atoms with E-state index in [0.717, 1.165) is 22.9 Å². The summed E-state index contributed by atoms with van der Waals surface area (Å²) >= 11 is 1.53. The standard InChI is InChI=1S/C22H26N2O4S/c1-16-10-17(2)12-19(11-16)28-14-21-23-18(15-29-21)13-24(7-5-8-26-3)22(25)20-6-4-9-27-20/h4,6,9-12,15H,5,7-8,13-14H2,1-3H3. The van der Waals surface area contributed by atoms with Crippen LogP contribution >= 0.6 is 11.3 Å². The molecule has 0 fully saturated rings. The average Bonchev–Trinajstić information content (AvgIpc) is 3.37. The number of ether oxygens (including phenoxy) is 2. The summed E-state index contributed by atoms with van der Waals surface area (Å²) in [6.45, 7) is 6.09. The molecule has 0 bridgehead atoms. The number of aryl methyl sites for hydroxylation is 2. The first-order chi connectivity index (χ1) is 14.0. The van der Waals surface area contributed by atoms with Gasteiger partial charge in [-0.15, -0.1) is 11.3 Å². The fourth-order valence-electron chi connectivity index (χ4n) is 3.05. The van der Waals surface area contributed by atoms with Crippen LogP contribution in [0, 0.1) is 13.8 Å². The lowest BCUT2D eigenvalue weighted by Gasteiger charge is -2.20. The largest absolute Gasteiger partial charge is 0.486 e. The maximum atomic E-state index is 12.7. The van der Waals surface area contributed by atoms with E-state index in [1.54, 1.807) is 24.1 Å². The van der Waals surface area contributed by atoms with Crippen LogP contribution in [0.3, 0.4) is 0 Å². The molecule has 0 aliphatic heterocycles. The molecule has 1 amide bonds. The van der Waals surface area contributed by atoms with Gasteiger partial charge in [0.1, 0.15) is 17.4 Å². The van der Waals surface area contributed by atoms with E-state index < -0.39 is 0 Å². The quantitative estimate of drug-likeness (QED) is 0.453. The van der Waals surface area contributed by atoms with Gasteiger partial charge >= 0.3 is 0 Å². The van der Waals surface area contributed by atoms with E-state index in [9.17, 15) is 4.79 Å². The molecule has 0 spiro atoms. The van der Waals surface area contributed by atoms with Crippen molar-refractivity contribution in [3.05, 3.63) is 69.6 Å². The number of amides is 1. The second-order valence-electron chi connectivity index (χ2n) is 6.90. The van der Waals surface area contributed by atoms with E-state index in [-0.39, 0.29) is 5.91 Å². The van der Waals surface area contributed by atoms with E-state index in [1.807, 2.05) is 17.5 Å². The maximum absolute atomic E-state index is 12.7. The van der Waals surface area contributed by atoms with Crippen molar-refractivity contribution in [3.63, 3.8) is 0 Å². The van der Waals surface area contributed by atoms with Crippen LogP contribution in [-0.2, 0) is 17.9 Å². The maximum Gasteiger partial charge on any atom is 0.289 e. The van der Waals surface area contributed by atoms with Crippen LogP contribution in [0.4, 0.5) is 0 Å². The Hall–Kier alpha value is -2.64. The number of carbonyl (C=O) groups is 1. The van der Waals surface area contributed by atoms with E-state index in [0.29, 0.717) is 32.1 Å². The van der Waals surface area contributed by atoms with Gasteiger partial charge in [0, 0.05) is 25.6 Å². The van der Waals surface area contributed by atoms with Gasteiger partial charge in [-0.3, -0.25) is 4.79 Å². The molecular formula is C22H26N2O4S. The molecule has 0 saturated heterocycles. The summed E-state index contributed by atoms with van der Waals surface area (Å²) in [5.74, 6) is 1.02. The number of hydrogen-bond donors (Lipinski definition) is 0. The minimum absolute atomic E-state index is 0.146. The van der Waals surface area contributed by atoms with Crippen LogP contribution < -0.4 is 4.74 Å². The Morgan fingerprint density at radius 1 is 1.24 bits per heavy atom. The van der Waals surface area contributed by atoms with Crippen LogP contribution in [0.25, 0.3) is 0 Å². The fourth-order valence-corrected chi connectivity index (χ4v) is 3.75. The van der Waals surface area contributed by atoms with Crippen molar-refractivity contribution >= 4 is 17.2 Å². The average molecular weight is 415 g/mol. The highest BCUT2D eigenvalue weighted by Crippen LogP contribution is 2.20. The Balaban J connectivity index is 1.62. The van der Waals surface area contributed by atoms with Crippen molar-refractivity contribution in [2.45, 2.75) is 33.4 Å². The summed E-state index contributed by atoms with van der Waals surface area (Å²) in [6, 6.07) is 9.53. The molecule has 29 heavy (non-hydrogen) atoms. The Morgan fingerprint density at radius 2 is 2.03 bits per heavy atom. The highest BCUT2D eigenvalue weighted by molar-refractivity contribution is 7.09. The van der Waals surface area contributed by atoms with Crippen molar-refractivity contribution in [1.29, 1.82) is 0 Å². The van der Waals surface area contributed by atoms with Gasteiger partial charge < -0.3 is 18.8 Å². The van der Waals surface area contributed by atoms with Crippen molar-refractivity contribution in [2.75, 3.05) is 20.3 Å². The van der Waals surface area contributed by atoms with Gasteiger partial charge in [0.15, 0.2) is 5.76 Å². The summed E-state index contributed by atoms with van der Waals surface area (Å²) in [6.07, 6.45) is 2.25. The second-order valence-corrected chi connectivity index (χ2v) is 7.84. The van der Waals surface area contributed by atoms with E-state index >= 15 is 0 Å². The molecule has 0 saturated carbocycles. The number of benzene rings is 1. The smallest absolute Gasteiger partial charge is 0.289 e. The minimum Gasteiger partial charge on any atom is -0.486 e. The van der Waals surface area contributed by atoms with Crippen LogP contribution in [0.5, 0.6) is 5.75 Å². The predicted molar refractivity (Wildman–Crippen MR) is 112 cm³/mol. The van der Waals surface area contributed by atoms with Gasteiger partial charge in [-0.1, -0.05) is 6.07 Å². The summed E-state index contributed by atoms with van der Waals surface area (Å²) in [5, 5.41) is 2.85. The molecule has 0 radical (unpaired) electrons. The van der Waals surface area contributed by atoms with E-state index in [2.05, 4.69) is 24.9 Å². The van der Waals surface area contributed by atoms with Crippen molar-refractivity contribution < 1.29 is 18.7 Å². The molecule has 2 heterocycles. The summed E-state index contributed by atoms with van der Waals surface area (Å²) in [5.41, 5.74) is 3.18. The predicted octanol–water partition coefficient (Wildman–Crippen LogP) is 4.61. The van der Waals surface area contributed by atoms with Crippen LogP contribution in [0.1, 0.15) is 38.8 Å². The molecule has 154 valence electrons. The van der Waals surface area contributed by atoms with Crippen LogP contribution in [-0.4, -0.2) is 36.1 Å². The van der Waals surface area contributed by atoms with Gasteiger partial charge in [-0.05, 0) is 55.7 Å². The van der Waals surface area contributed by atoms with Crippen LogP contribution in [0.2, 0.25) is 0 Å². The third-order valence-corrected chi connectivity index (χ3v) is 5.18. The van der Waals surface area contributed by atoms with E-state index in [1.165, 1.54) is 28.7 Å². The third kappa shape index (κ3) is 6.17. The molecule has 1 aromatic carbocycles. The number of nitrogens with zero attached hydrogens (tertiary/aromatic N) is 2. The first-order valence-corrected chi connectivity index (χ1v) is 10.4. The summed E-state index contributed by atoms with van der Waals surface area (Å²) in [4.78, 5) is 19.1. The number of methoxy groups -OCH3 is 1. The molecule has 0 aliphatic carbocycles. The number of aromatic nitrogens is 1. The SMILES string of the molecule is COCCCN(Cc1csc(COc2cc(C)cc(C)c2)n1)C(=O)c1ccco1. The Bertz CT molecular complexity index is 901. The molecule has 3 rings (SSSR count). The highest BCUT2D eigenvalue weighted by atomic mass is 32.1. The second kappa shape index (κ2) is 10.2. The fraction of sp³-hybridized carbons (Fsp3) is 0.364. The Labute approximate surface area is 175 Å². The molecule has 0 N–H and O–H groups in total. The minimum atomic E-state index is -0.146. The normalized spacial score (nSPS) is 10.9. The molecule has 0 atom stereocenters. The Kier molecular flexibility index (Phi) is 7.43. The number of thiazole rings is 1. The molecule has 3 aromatic rings. The van der Waals surface area contributed by atoms with Crippen molar-refractivity contribution in [2.24, 2.45) is 0 Å². The first-order valence-electron chi connectivity index (χ1n) is 9.51. The lowest BCUT2D eigenvalue weighted by atomic mass is 10.1. The highest BCUT2D eigenvalue weighted by Gasteiger charge is 2.19. The molecule has 0 unspecified atom stereocenters. The van der Waals surface area contributed by atoms with Gasteiger partial charge in [0.05, 0.1) is 18.5 Å².